The number of anilines is 2. The summed E-state index contributed by atoms with van der Waals surface area (Å²) in [6.45, 7) is 4.77. The average molecular weight is 387 g/mol. The Kier molecular flexibility index (Phi) is 5.42. The lowest BCUT2D eigenvalue weighted by molar-refractivity contribution is -0.114. The monoisotopic (exact) mass is 386 g/mol. The SMILES string of the molecule is CC(=O)Nc1ccc(NS(=O)(=O)c2cc(C)c(Cl)cc2C)cc1Cl. The Balaban J connectivity index is 2.35. The molecule has 8 heteroatoms. The Labute approximate surface area is 151 Å². The zero-order valence-corrected chi connectivity index (χ0v) is 15.6. The molecular weight excluding hydrogens is 371 g/mol. The summed E-state index contributed by atoms with van der Waals surface area (Å²) >= 11 is 12.1. The van der Waals surface area contributed by atoms with Crippen molar-refractivity contribution in [3.05, 3.63) is 51.5 Å². The molecule has 0 bridgehead atoms. The largest absolute Gasteiger partial charge is 0.325 e. The molecule has 0 atom stereocenters. The highest BCUT2D eigenvalue weighted by molar-refractivity contribution is 7.92. The molecule has 0 radical (unpaired) electrons. The van der Waals surface area contributed by atoms with Crippen LogP contribution in [-0.4, -0.2) is 14.3 Å². The molecule has 2 aromatic carbocycles. The molecule has 2 aromatic rings. The number of carbonyl (C=O) groups is 1. The van der Waals surface area contributed by atoms with Crippen molar-refractivity contribution < 1.29 is 13.2 Å². The standard InChI is InChI=1S/C16H16Cl2N2O3S/c1-9-7-16(10(2)6-13(9)17)24(22,23)20-12-4-5-15(14(18)8-12)19-11(3)21/h4-8,20H,1-3H3,(H,19,21). The van der Waals surface area contributed by atoms with Crippen molar-refractivity contribution in [2.75, 3.05) is 10.0 Å². The predicted molar refractivity (Wildman–Crippen MR) is 97.5 cm³/mol. The number of rotatable bonds is 4. The van der Waals surface area contributed by atoms with Gasteiger partial charge in [0.1, 0.15) is 0 Å². The Bertz CT molecular complexity index is 912. The number of halogens is 2. The first-order chi connectivity index (χ1) is 11.1. The van der Waals surface area contributed by atoms with Crippen LogP contribution < -0.4 is 10.0 Å². The first-order valence-electron chi connectivity index (χ1n) is 6.97. The molecule has 24 heavy (non-hydrogen) atoms. The molecule has 0 heterocycles. The summed E-state index contributed by atoms with van der Waals surface area (Å²) in [5.41, 5.74) is 1.91. The number of nitrogens with one attached hydrogen (secondary N) is 2. The lowest BCUT2D eigenvalue weighted by Gasteiger charge is -2.13. The molecule has 0 unspecified atom stereocenters. The Hall–Kier alpha value is -1.76. The van der Waals surface area contributed by atoms with E-state index in [1.54, 1.807) is 19.9 Å². The number of benzene rings is 2. The van der Waals surface area contributed by atoms with Gasteiger partial charge in [-0.25, -0.2) is 8.42 Å². The minimum Gasteiger partial charge on any atom is -0.325 e. The number of sulfonamides is 1. The van der Waals surface area contributed by atoms with Crippen LogP contribution in [-0.2, 0) is 14.8 Å². The second-order valence-corrected chi connectivity index (χ2v) is 7.81. The maximum absolute atomic E-state index is 12.6. The summed E-state index contributed by atoms with van der Waals surface area (Å²) in [7, 11) is -3.79. The summed E-state index contributed by atoms with van der Waals surface area (Å²) in [5.74, 6) is -0.266. The minimum absolute atomic E-state index is 0.145. The van der Waals surface area contributed by atoms with E-state index in [9.17, 15) is 13.2 Å². The van der Waals surface area contributed by atoms with Crippen LogP contribution in [0.2, 0.25) is 10.0 Å². The number of carbonyl (C=O) groups excluding carboxylic acids is 1. The number of hydrogen-bond donors (Lipinski definition) is 2. The van der Waals surface area contributed by atoms with Crippen LogP contribution in [0.15, 0.2) is 35.2 Å². The zero-order valence-electron chi connectivity index (χ0n) is 13.3. The van der Waals surface area contributed by atoms with Crippen molar-refractivity contribution in [2.24, 2.45) is 0 Å². The van der Waals surface area contributed by atoms with E-state index >= 15 is 0 Å². The van der Waals surface area contributed by atoms with Gasteiger partial charge in [0, 0.05) is 11.9 Å². The average Bonchev–Trinajstić information content (AvgIpc) is 2.45. The van der Waals surface area contributed by atoms with E-state index < -0.39 is 10.0 Å². The molecule has 0 aliphatic heterocycles. The third-order valence-electron chi connectivity index (χ3n) is 3.28. The van der Waals surface area contributed by atoms with Gasteiger partial charge in [0.25, 0.3) is 10.0 Å². The van der Waals surface area contributed by atoms with E-state index in [4.69, 9.17) is 23.2 Å². The number of aryl methyl sites for hydroxylation is 2. The highest BCUT2D eigenvalue weighted by atomic mass is 35.5. The molecule has 2 rings (SSSR count). The molecule has 0 saturated heterocycles. The fourth-order valence-corrected chi connectivity index (χ4v) is 3.93. The molecule has 2 N–H and O–H groups in total. The van der Waals surface area contributed by atoms with Crippen molar-refractivity contribution >= 4 is 50.5 Å². The van der Waals surface area contributed by atoms with Crippen LogP contribution in [0.4, 0.5) is 11.4 Å². The molecule has 0 aliphatic carbocycles. The van der Waals surface area contributed by atoms with Crippen LogP contribution in [0, 0.1) is 13.8 Å². The summed E-state index contributed by atoms with van der Waals surface area (Å²) in [4.78, 5) is 11.2. The maximum atomic E-state index is 12.6. The van der Waals surface area contributed by atoms with Gasteiger partial charge in [0.2, 0.25) is 5.91 Å². The second kappa shape index (κ2) is 7.01. The first-order valence-corrected chi connectivity index (χ1v) is 9.21. The molecule has 5 nitrogen and oxygen atoms in total. The Morgan fingerprint density at radius 2 is 1.67 bits per heavy atom. The van der Waals surface area contributed by atoms with Crippen molar-refractivity contribution in [1.82, 2.24) is 0 Å². The molecule has 0 aromatic heterocycles. The first kappa shape index (κ1) is 18.6. The van der Waals surface area contributed by atoms with Gasteiger partial charge in [0.05, 0.1) is 21.3 Å². The van der Waals surface area contributed by atoms with E-state index in [0.29, 0.717) is 27.5 Å². The van der Waals surface area contributed by atoms with Gasteiger partial charge in [0.15, 0.2) is 0 Å². The van der Waals surface area contributed by atoms with Gasteiger partial charge >= 0.3 is 0 Å². The molecule has 0 aliphatic rings. The summed E-state index contributed by atoms with van der Waals surface area (Å²) in [5, 5.41) is 3.29. The maximum Gasteiger partial charge on any atom is 0.262 e. The van der Waals surface area contributed by atoms with Crippen LogP contribution in [0.3, 0.4) is 0 Å². The smallest absolute Gasteiger partial charge is 0.262 e. The summed E-state index contributed by atoms with van der Waals surface area (Å²) in [6.07, 6.45) is 0. The van der Waals surface area contributed by atoms with Crippen molar-refractivity contribution in [3.63, 3.8) is 0 Å². The van der Waals surface area contributed by atoms with E-state index in [-0.39, 0.29) is 15.8 Å². The molecule has 128 valence electrons. The summed E-state index contributed by atoms with van der Waals surface area (Å²) in [6, 6.07) is 7.61. The quantitative estimate of drug-likeness (QED) is 0.818. The van der Waals surface area contributed by atoms with E-state index in [2.05, 4.69) is 10.0 Å². The topological polar surface area (TPSA) is 75.3 Å². The van der Waals surface area contributed by atoms with Crippen molar-refractivity contribution in [2.45, 2.75) is 25.7 Å². The number of amides is 1. The van der Waals surface area contributed by atoms with Gasteiger partial charge in [-0.1, -0.05) is 23.2 Å². The van der Waals surface area contributed by atoms with Gasteiger partial charge in [-0.3, -0.25) is 9.52 Å². The van der Waals surface area contributed by atoms with Crippen LogP contribution in [0.1, 0.15) is 18.1 Å². The zero-order chi connectivity index (χ0) is 18.1. The summed E-state index contributed by atoms with van der Waals surface area (Å²) < 4.78 is 27.7. The Morgan fingerprint density at radius 3 is 2.25 bits per heavy atom. The van der Waals surface area contributed by atoms with Gasteiger partial charge in [-0.15, -0.1) is 0 Å². The third-order valence-corrected chi connectivity index (χ3v) is 5.52. The van der Waals surface area contributed by atoms with E-state index in [0.717, 1.165) is 0 Å². The van der Waals surface area contributed by atoms with Crippen molar-refractivity contribution in [3.8, 4) is 0 Å². The molecular formula is C16H16Cl2N2O3S. The fourth-order valence-electron chi connectivity index (χ4n) is 2.12. The van der Waals surface area contributed by atoms with Crippen LogP contribution >= 0.6 is 23.2 Å². The van der Waals surface area contributed by atoms with Gasteiger partial charge in [-0.2, -0.15) is 0 Å². The van der Waals surface area contributed by atoms with E-state index in [1.165, 1.54) is 31.2 Å². The van der Waals surface area contributed by atoms with Gasteiger partial charge in [-0.05, 0) is 55.3 Å². The minimum atomic E-state index is -3.79. The number of hydrogen-bond acceptors (Lipinski definition) is 3. The lowest BCUT2D eigenvalue weighted by Crippen LogP contribution is -2.15. The molecule has 0 saturated carbocycles. The van der Waals surface area contributed by atoms with Crippen molar-refractivity contribution in [1.29, 1.82) is 0 Å². The van der Waals surface area contributed by atoms with E-state index in [1.807, 2.05) is 0 Å². The van der Waals surface area contributed by atoms with Gasteiger partial charge < -0.3 is 5.32 Å². The second-order valence-electron chi connectivity index (χ2n) is 5.35. The molecule has 1 amide bonds. The molecule has 0 fully saturated rings. The Morgan fingerprint density at radius 1 is 1.00 bits per heavy atom. The molecule has 0 spiro atoms. The normalized spacial score (nSPS) is 11.2. The predicted octanol–water partition coefficient (Wildman–Crippen LogP) is 4.37. The third kappa shape index (κ3) is 4.20. The highest BCUT2D eigenvalue weighted by Crippen LogP contribution is 2.29. The highest BCUT2D eigenvalue weighted by Gasteiger charge is 2.19. The fraction of sp³-hybridized carbons (Fsp3) is 0.188. The van der Waals surface area contributed by atoms with Crippen LogP contribution in [0.25, 0.3) is 0 Å². The lowest BCUT2D eigenvalue weighted by atomic mass is 10.2. The van der Waals surface area contributed by atoms with Crippen LogP contribution in [0.5, 0.6) is 0 Å².